The van der Waals surface area contributed by atoms with Crippen molar-refractivity contribution in [2.75, 3.05) is 13.2 Å². The molecule has 67 heavy (non-hydrogen) atoms. The average Bonchev–Trinajstić information content (AvgIpc) is 3.33. The number of allylic oxidation sites excluding steroid dienone is 24. The van der Waals surface area contributed by atoms with Gasteiger partial charge < -0.3 is 14.2 Å². The molecule has 0 N–H and O–H groups in total. The van der Waals surface area contributed by atoms with E-state index in [4.69, 9.17) is 14.2 Å². The molecule has 374 valence electrons. The molecular formula is C61H94O6. The van der Waals surface area contributed by atoms with Crippen LogP contribution >= 0.6 is 0 Å². The molecule has 0 aliphatic carbocycles. The largest absolute Gasteiger partial charge is 0.462 e. The van der Waals surface area contributed by atoms with Crippen molar-refractivity contribution in [3.05, 3.63) is 146 Å². The number of hydrogen-bond acceptors (Lipinski definition) is 6. The van der Waals surface area contributed by atoms with E-state index < -0.39 is 6.10 Å². The van der Waals surface area contributed by atoms with Gasteiger partial charge in [-0.1, -0.05) is 205 Å². The topological polar surface area (TPSA) is 78.9 Å². The molecule has 0 aromatic rings. The number of esters is 3. The summed E-state index contributed by atoms with van der Waals surface area (Å²) in [5.41, 5.74) is 0. The molecule has 0 saturated carbocycles. The lowest BCUT2D eigenvalue weighted by Gasteiger charge is -2.18. The Hall–Kier alpha value is -4.71. The predicted molar refractivity (Wildman–Crippen MR) is 288 cm³/mol. The van der Waals surface area contributed by atoms with E-state index in [1.807, 2.05) is 0 Å². The van der Waals surface area contributed by atoms with E-state index in [-0.39, 0.29) is 37.5 Å². The number of ether oxygens (including phenoxy) is 3. The van der Waals surface area contributed by atoms with Crippen LogP contribution in [0, 0.1) is 0 Å². The Morgan fingerprint density at radius 1 is 0.313 bits per heavy atom. The van der Waals surface area contributed by atoms with Gasteiger partial charge in [0, 0.05) is 19.3 Å². The fourth-order valence-corrected chi connectivity index (χ4v) is 6.45. The quantitative estimate of drug-likeness (QED) is 0.0262. The van der Waals surface area contributed by atoms with E-state index in [9.17, 15) is 14.4 Å². The van der Waals surface area contributed by atoms with E-state index in [0.717, 1.165) is 154 Å². The zero-order chi connectivity index (χ0) is 48.6. The Bertz CT molecular complexity index is 1530. The van der Waals surface area contributed by atoms with Gasteiger partial charge in [0.25, 0.3) is 0 Å². The first-order valence-corrected chi connectivity index (χ1v) is 26.3. The van der Waals surface area contributed by atoms with Gasteiger partial charge in [-0.05, 0) is 122 Å². The summed E-state index contributed by atoms with van der Waals surface area (Å²) in [6.45, 7) is 6.23. The van der Waals surface area contributed by atoms with E-state index >= 15 is 0 Å². The van der Waals surface area contributed by atoms with Crippen molar-refractivity contribution in [2.24, 2.45) is 0 Å². The monoisotopic (exact) mass is 923 g/mol. The van der Waals surface area contributed by atoms with Gasteiger partial charge in [-0.15, -0.1) is 0 Å². The number of unbranched alkanes of at least 4 members (excludes halogenated alkanes) is 10. The summed E-state index contributed by atoms with van der Waals surface area (Å²) in [6.07, 6.45) is 77.4. The molecule has 0 fully saturated rings. The second-order valence-electron chi connectivity index (χ2n) is 16.7. The summed E-state index contributed by atoms with van der Waals surface area (Å²) in [6, 6.07) is 0. The SMILES string of the molecule is CC/C=C\C/C=C\C/C=C\C/C=C\C/C=C\C/C=C\C/C=C\C/C=C\CCCCCCC(=O)OCC(COC(=O)CCCCCCC)OC(=O)CCCC/C=C\C/C=C\C/C=C\C/C=C\CC. The number of rotatable bonds is 45. The number of carbonyl (C=O) groups is 3. The highest BCUT2D eigenvalue weighted by atomic mass is 16.6. The van der Waals surface area contributed by atoms with Crippen molar-refractivity contribution >= 4 is 17.9 Å². The van der Waals surface area contributed by atoms with Crippen LogP contribution in [-0.4, -0.2) is 37.2 Å². The summed E-state index contributed by atoms with van der Waals surface area (Å²) < 4.78 is 16.6. The minimum atomic E-state index is -0.812. The van der Waals surface area contributed by atoms with E-state index in [1.165, 1.54) is 0 Å². The Morgan fingerprint density at radius 2 is 0.582 bits per heavy atom. The number of hydrogen-bond donors (Lipinski definition) is 0. The Balaban J connectivity index is 4.25. The van der Waals surface area contributed by atoms with Crippen molar-refractivity contribution < 1.29 is 28.6 Å². The van der Waals surface area contributed by atoms with Gasteiger partial charge in [0.15, 0.2) is 6.10 Å². The van der Waals surface area contributed by atoms with E-state index in [1.54, 1.807) is 0 Å². The minimum Gasteiger partial charge on any atom is -0.462 e. The molecule has 0 spiro atoms. The summed E-state index contributed by atoms with van der Waals surface area (Å²) in [5.74, 6) is -1.00. The summed E-state index contributed by atoms with van der Waals surface area (Å²) in [7, 11) is 0. The van der Waals surface area contributed by atoms with Crippen LogP contribution in [0.25, 0.3) is 0 Å². The molecule has 0 saturated heterocycles. The van der Waals surface area contributed by atoms with Gasteiger partial charge in [-0.25, -0.2) is 0 Å². The van der Waals surface area contributed by atoms with Crippen LogP contribution in [0.1, 0.15) is 201 Å². The molecule has 0 aromatic heterocycles. The molecule has 0 radical (unpaired) electrons. The molecule has 0 amide bonds. The lowest BCUT2D eigenvalue weighted by molar-refractivity contribution is -0.167. The standard InChI is InChI=1S/C61H94O6/c1-4-7-10-13-15-17-19-21-23-24-25-26-27-28-29-30-31-32-33-34-35-36-38-39-41-43-45-48-51-54-60(63)66-57-58(56-65-59(62)53-50-47-12-9-6-3)67-61(64)55-52-49-46-44-42-40-37-22-20-18-16-14-11-8-5-2/h7-8,10-11,15-18,21-23,25-26,28-29,31-32,34-35,37-39,42,44,58H,4-6,9,12-14,19-20,24,27,30,33,36,40-41,43,45-57H2,1-3H3/b10-7-,11-8-,17-15-,18-16-,23-21-,26-25-,29-28-,32-31-,35-34-,37-22-,39-38-,44-42-. The van der Waals surface area contributed by atoms with E-state index in [2.05, 4.69) is 167 Å². The first kappa shape index (κ1) is 62.3. The van der Waals surface area contributed by atoms with Gasteiger partial charge in [-0.2, -0.15) is 0 Å². The van der Waals surface area contributed by atoms with Crippen molar-refractivity contribution in [1.29, 1.82) is 0 Å². The van der Waals surface area contributed by atoms with Gasteiger partial charge in [-0.3, -0.25) is 14.4 Å². The van der Waals surface area contributed by atoms with Crippen LogP contribution in [0.4, 0.5) is 0 Å². The van der Waals surface area contributed by atoms with Crippen LogP contribution in [0.5, 0.6) is 0 Å². The maximum absolute atomic E-state index is 12.7. The first-order chi connectivity index (χ1) is 33.0. The molecule has 1 atom stereocenters. The highest BCUT2D eigenvalue weighted by Crippen LogP contribution is 2.11. The molecule has 0 rings (SSSR count). The molecule has 6 heteroatoms. The summed E-state index contributed by atoms with van der Waals surface area (Å²) in [5, 5.41) is 0. The van der Waals surface area contributed by atoms with Crippen LogP contribution in [0.2, 0.25) is 0 Å². The van der Waals surface area contributed by atoms with Crippen molar-refractivity contribution in [1.82, 2.24) is 0 Å². The first-order valence-electron chi connectivity index (χ1n) is 26.3. The third-order valence-electron chi connectivity index (χ3n) is 10.3. The van der Waals surface area contributed by atoms with Gasteiger partial charge in [0.2, 0.25) is 0 Å². The minimum absolute atomic E-state index is 0.110. The molecule has 0 aliphatic heterocycles. The maximum Gasteiger partial charge on any atom is 0.306 e. The molecule has 1 unspecified atom stereocenters. The highest BCUT2D eigenvalue weighted by molar-refractivity contribution is 5.71. The lowest BCUT2D eigenvalue weighted by atomic mass is 10.1. The molecule has 6 nitrogen and oxygen atoms in total. The normalized spacial score (nSPS) is 13.3. The molecule has 0 heterocycles. The van der Waals surface area contributed by atoms with Gasteiger partial charge in [0.05, 0.1) is 0 Å². The third-order valence-corrected chi connectivity index (χ3v) is 10.3. The van der Waals surface area contributed by atoms with Crippen LogP contribution in [-0.2, 0) is 28.6 Å². The zero-order valence-electron chi connectivity index (χ0n) is 42.6. The molecule has 0 bridgehead atoms. The zero-order valence-corrected chi connectivity index (χ0v) is 42.6. The van der Waals surface area contributed by atoms with E-state index in [0.29, 0.717) is 19.3 Å². The fraction of sp³-hybridized carbons (Fsp3) is 0.557. The Labute approximate surface area is 410 Å². The smallest absolute Gasteiger partial charge is 0.306 e. The molecule has 0 aromatic carbocycles. The summed E-state index contributed by atoms with van der Waals surface area (Å²) >= 11 is 0. The van der Waals surface area contributed by atoms with Crippen molar-refractivity contribution in [3.8, 4) is 0 Å². The van der Waals surface area contributed by atoms with Gasteiger partial charge in [0.1, 0.15) is 13.2 Å². The lowest BCUT2D eigenvalue weighted by Crippen LogP contribution is -2.30. The van der Waals surface area contributed by atoms with Gasteiger partial charge >= 0.3 is 17.9 Å². The number of carbonyl (C=O) groups excluding carboxylic acids is 3. The third kappa shape index (κ3) is 52.1. The fourth-order valence-electron chi connectivity index (χ4n) is 6.45. The van der Waals surface area contributed by atoms with Crippen molar-refractivity contribution in [3.63, 3.8) is 0 Å². The maximum atomic E-state index is 12.7. The van der Waals surface area contributed by atoms with Crippen molar-refractivity contribution in [2.45, 2.75) is 207 Å². The Morgan fingerprint density at radius 3 is 0.925 bits per heavy atom. The molecular weight excluding hydrogens is 829 g/mol. The second kappa shape index (κ2) is 53.9. The summed E-state index contributed by atoms with van der Waals surface area (Å²) in [4.78, 5) is 37.6. The second-order valence-corrected chi connectivity index (χ2v) is 16.7. The Kier molecular flexibility index (Phi) is 50.1. The highest BCUT2D eigenvalue weighted by Gasteiger charge is 2.19. The van der Waals surface area contributed by atoms with Crippen LogP contribution < -0.4 is 0 Å². The van der Waals surface area contributed by atoms with Crippen LogP contribution in [0.3, 0.4) is 0 Å². The van der Waals surface area contributed by atoms with Crippen LogP contribution in [0.15, 0.2) is 146 Å². The molecule has 0 aliphatic rings. The predicted octanol–water partition coefficient (Wildman–Crippen LogP) is 17.6. The average molecular weight is 923 g/mol.